The Bertz CT molecular complexity index is 344. The average molecular weight is 266 g/mol. The molecule has 0 aliphatic carbocycles. The fourth-order valence-corrected chi connectivity index (χ4v) is 3.52. The van der Waals surface area contributed by atoms with Gasteiger partial charge in [0, 0.05) is 16.8 Å². The fraction of sp³-hybridized carbons (Fsp3) is 0.571. The molecule has 0 amide bonds. The average Bonchev–Trinajstić information content (AvgIpc) is 2.38. The zero-order valence-electron chi connectivity index (χ0n) is 10.6. The van der Waals surface area contributed by atoms with E-state index in [2.05, 4.69) is 36.9 Å². The quantitative estimate of drug-likeness (QED) is 0.650. The minimum absolute atomic E-state index is 0.0837. The summed E-state index contributed by atoms with van der Waals surface area (Å²) in [6.07, 6.45) is 6.04. The molecule has 1 fully saturated rings. The van der Waals surface area contributed by atoms with Crippen molar-refractivity contribution >= 4 is 22.9 Å². The molecule has 94 valence electrons. The third-order valence-corrected chi connectivity index (χ3v) is 5.34. The summed E-state index contributed by atoms with van der Waals surface area (Å²) in [7, 11) is 1.08. The molecule has 1 aliphatic rings. The second-order valence-electron chi connectivity index (χ2n) is 5.06. The maximum Gasteiger partial charge on any atom is 0.0723 e. The molecule has 1 aliphatic heterocycles. The molecule has 1 aromatic carbocycles. The van der Waals surface area contributed by atoms with Crippen LogP contribution in [-0.4, -0.2) is 22.6 Å². The molecule has 1 heterocycles. The van der Waals surface area contributed by atoms with Gasteiger partial charge in [0.25, 0.3) is 0 Å². The van der Waals surface area contributed by atoms with Crippen LogP contribution >= 0.6 is 12.6 Å². The number of benzene rings is 1. The summed E-state index contributed by atoms with van der Waals surface area (Å²) in [4.78, 5) is 0. The minimum atomic E-state index is 0.0837. The van der Waals surface area contributed by atoms with E-state index in [0.717, 1.165) is 35.4 Å². The second kappa shape index (κ2) is 6.07. The fourth-order valence-electron chi connectivity index (χ4n) is 2.47. The van der Waals surface area contributed by atoms with Gasteiger partial charge in [-0.3, -0.25) is 0 Å². The van der Waals surface area contributed by atoms with Gasteiger partial charge in [0.2, 0.25) is 0 Å². The summed E-state index contributed by atoms with van der Waals surface area (Å²) >= 11 is 4.25. The smallest absolute Gasteiger partial charge is 0.0723 e. The van der Waals surface area contributed by atoms with Gasteiger partial charge in [0.15, 0.2) is 0 Å². The molecule has 0 radical (unpaired) electrons. The molecular formula is C14H22OSSi. The van der Waals surface area contributed by atoms with E-state index in [4.69, 9.17) is 4.74 Å². The van der Waals surface area contributed by atoms with E-state index < -0.39 is 0 Å². The van der Waals surface area contributed by atoms with Crippen molar-refractivity contribution in [2.45, 2.75) is 37.3 Å². The molecule has 1 nitrogen and oxygen atoms in total. The summed E-state index contributed by atoms with van der Waals surface area (Å²) in [5.74, 6) is 0.968. The lowest BCUT2D eigenvalue weighted by molar-refractivity contribution is -0.0210. The van der Waals surface area contributed by atoms with Gasteiger partial charge < -0.3 is 4.74 Å². The Morgan fingerprint density at radius 1 is 1.24 bits per heavy atom. The van der Waals surface area contributed by atoms with Crippen molar-refractivity contribution in [3.63, 3.8) is 0 Å². The standard InChI is InChI=1S/C14H22OSSi/c16-11-3-4-12-5-7-13(8-6-12)14(17)9-1-2-10-15-14/h5-8,16H,1-4,9-11H2,17H3. The lowest BCUT2D eigenvalue weighted by Crippen LogP contribution is -2.33. The molecule has 0 aromatic heterocycles. The number of aryl methyl sites for hydroxylation is 1. The molecule has 0 N–H and O–H groups in total. The summed E-state index contributed by atoms with van der Waals surface area (Å²) < 4.78 is 6.02. The highest BCUT2D eigenvalue weighted by Crippen LogP contribution is 2.32. The number of hydrogen-bond acceptors (Lipinski definition) is 2. The third kappa shape index (κ3) is 3.36. The number of thiol groups is 1. The molecule has 1 aromatic rings. The number of ether oxygens (including phenoxy) is 1. The van der Waals surface area contributed by atoms with Crippen LogP contribution in [0.1, 0.15) is 36.8 Å². The Hall–Kier alpha value is -0.253. The topological polar surface area (TPSA) is 9.23 Å². The van der Waals surface area contributed by atoms with Crippen LogP contribution in [0.25, 0.3) is 0 Å². The largest absolute Gasteiger partial charge is 0.375 e. The molecule has 1 atom stereocenters. The second-order valence-corrected chi connectivity index (χ2v) is 7.12. The zero-order valence-corrected chi connectivity index (χ0v) is 13.5. The van der Waals surface area contributed by atoms with E-state index in [0.29, 0.717) is 0 Å². The van der Waals surface area contributed by atoms with Crippen LogP contribution in [0.4, 0.5) is 0 Å². The normalized spacial score (nSPS) is 25.0. The van der Waals surface area contributed by atoms with E-state index in [1.807, 2.05) is 0 Å². The van der Waals surface area contributed by atoms with Gasteiger partial charge in [-0.15, -0.1) is 0 Å². The first-order valence-corrected chi connectivity index (χ1v) is 8.22. The van der Waals surface area contributed by atoms with Gasteiger partial charge >= 0.3 is 0 Å². The van der Waals surface area contributed by atoms with E-state index in [9.17, 15) is 0 Å². The SMILES string of the molecule is [SiH3]C1(c2ccc(CCCS)cc2)CCCCO1. The van der Waals surface area contributed by atoms with Crippen molar-refractivity contribution in [2.75, 3.05) is 12.4 Å². The highest BCUT2D eigenvalue weighted by Gasteiger charge is 2.29. The first-order chi connectivity index (χ1) is 8.24. The molecule has 1 unspecified atom stereocenters. The first kappa shape index (κ1) is 13.2. The summed E-state index contributed by atoms with van der Waals surface area (Å²) in [5, 5.41) is 0.0837. The highest BCUT2D eigenvalue weighted by molar-refractivity contribution is 7.80. The molecule has 1 saturated heterocycles. The van der Waals surface area contributed by atoms with Crippen LogP contribution in [0.3, 0.4) is 0 Å². The Labute approximate surface area is 113 Å². The summed E-state index contributed by atoms with van der Waals surface area (Å²) in [6.45, 7) is 0.935. The zero-order chi connectivity index (χ0) is 12.1. The van der Waals surface area contributed by atoms with E-state index >= 15 is 0 Å². The first-order valence-electron chi connectivity index (χ1n) is 6.59. The maximum absolute atomic E-state index is 6.02. The van der Waals surface area contributed by atoms with Crippen LogP contribution < -0.4 is 0 Å². The van der Waals surface area contributed by atoms with Gasteiger partial charge in [-0.25, -0.2) is 0 Å². The van der Waals surface area contributed by atoms with E-state index in [1.54, 1.807) is 0 Å². The molecule has 0 saturated carbocycles. The minimum Gasteiger partial charge on any atom is -0.375 e. The summed E-state index contributed by atoms with van der Waals surface area (Å²) in [6, 6.07) is 9.06. The van der Waals surface area contributed by atoms with Gasteiger partial charge in [0.05, 0.1) is 5.22 Å². The van der Waals surface area contributed by atoms with Crippen molar-refractivity contribution in [1.29, 1.82) is 0 Å². The Morgan fingerprint density at radius 3 is 2.59 bits per heavy atom. The van der Waals surface area contributed by atoms with Crippen molar-refractivity contribution in [2.24, 2.45) is 0 Å². The van der Waals surface area contributed by atoms with Crippen LogP contribution in [-0.2, 0) is 16.4 Å². The van der Waals surface area contributed by atoms with Crippen LogP contribution in [0.2, 0.25) is 0 Å². The van der Waals surface area contributed by atoms with Gasteiger partial charge in [0.1, 0.15) is 0 Å². The molecule has 2 rings (SSSR count). The number of rotatable bonds is 4. The third-order valence-electron chi connectivity index (χ3n) is 3.66. The Morgan fingerprint density at radius 2 is 2.00 bits per heavy atom. The van der Waals surface area contributed by atoms with Crippen LogP contribution in [0.5, 0.6) is 0 Å². The lowest BCUT2D eigenvalue weighted by atomic mass is 9.98. The predicted molar refractivity (Wildman–Crippen MR) is 80.0 cm³/mol. The molecule has 3 heteroatoms. The monoisotopic (exact) mass is 266 g/mol. The van der Waals surface area contributed by atoms with Gasteiger partial charge in [-0.05, 0) is 49.0 Å². The predicted octanol–water partition coefficient (Wildman–Crippen LogP) is 2.27. The summed E-state index contributed by atoms with van der Waals surface area (Å²) in [5.41, 5.74) is 2.81. The Kier molecular flexibility index (Phi) is 4.71. The number of hydrogen-bond donors (Lipinski definition) is 1. The van der Waals surface area contributed by atoms with Gasteiger partial charge in [-0.1, -0.05) is 24.3 Å². The van der Waals surface area contributed by atoms with Gasteiger partial charge in [-0.2, -0.15) is 12.6 Å². The maximum atomic E-state index is 6.02. The van der Waals surface area contributed by atoms with E-state index in [-0.39, 0.29) is 5.22 Å². The van der Waals surface area contributed by atoms with Crippen molar-refractivity contribution in [1.82, 2.24) is 0 Å². The lowest BCUT2D eigenvalue weighted by Gasteiger charge is -2.34. The van der Waals surface area contributed by atoms with E-state index in [1.165, 1.54) is 30.4 Å². The molecule has 0 spiro atoms. The highest BCUT2D eigenvalue weighted by atomic mass is 32.1. The van der Waals surface area contributed by atoms with Crippen LogP contribution in [0.15, 0.2) is 24.3 Å². The van der Waals surface area contributed by atoms with Crippen molar-refractivity contribution < 1.29 is 4.74 Å². The molecular weight excluding hydrogens is 244 g/mol. The molecule has 0 bridgehead atoms. The Balaban J connectivity index is 2.06. The van der Waals surface area contributed by atoms with Crippen molar-refractivity contribution in [3.05, 3.63) is 35.4 Å². The van der Waals surface area contributed by atoms with Crippen LogP contribution in [0, 0.1) is 0 Å². The molecule has 17 heavy (non-hydrogen) atoms. The van der Waals surface area contributed by atoms with Crippen molar-refractivity contribution in [3.8, 4) is 0 Å².